The Kier molecular flexibility index (Phi) is 11.0. The van der Waals surface area contributed by atoms with Crippen molar-refractivity contribution < 1.29 is 23.2 Å². The Morgan fingerprint density at radius 2 is 1.77 bits per heavy atom. The van der Waals surface area contributed by atoms with Crippen LogP contribution in [-0.2, 0) is 23.5 Å². The van der Waals surface area contributed by atoms with Crippen molar-refractivity contribution in [2.24, 2.45) is 4.99 Å². The van der Waals surface area contributed by atoms with Crippen molar-refractivity contribution in [2.45, 2.75) is 25.7 Å². The quantitative estimate of drug-likeness (QED) is 0.459. The van der Waals surface area contributed by atoms with Gasteiger partial charge in [0.15, 0.2) is 0 Å². The van der Waals surface area contributed by atoms with Gasteiger partial charge in [-0.25, -0.2) is 0 Å². The van der Waals surface area contributed by atoms with Crippen molar-refractivity contribution in [3.05, 3.63) is 65.2 Å². The Bertz CT molecular complexity index is 679. The van der Waals surface area contributed by atoms with Gasteiger partial charge in [-0.05, 0) is 18.1 Å². The molecule has 0 spiro atoms. The predicted molar refractivity (Wildman–Crippen MR) is 107 cm³/mol. The molecule has 0 heterocycles. The molecule has 0 aliphatic rings. The van der Waals surface area contributed by atoms with Gasteiger partial charge in [-0.3, -0.25) is 4.99 Å². The molecule has 3 nitrogen and oxygen atoms in total. The fourth-order valence-corrected chi connectivity index (χ4v) is 2.64. The van der Waals surface area contributed by atoms with Crippen LogP contribution in [0.2, 0.25) is 0 Å². The summed E-state index contributed by atoms with van der Waals surface area (Å²) < 4.78 is 5.01. The van der Waals surface area contributed by atoms with E-state index in [9.17, 15) is 5.11 Å². The minimum absolute atomic E-state index is 0.181. The standard InChI is InChI=1S/C20H25NO2.2ClH.Cr/c1-20(2,17-10-5-4-6-11-17)18-12-7-9-16(19(18)22)15-21-13-8-14-23-3;;;/h4-7,9-12,15,22H,8,13-14H2,1-3H3;2*1H;/q;;;+2/p-2. The van der Waals surface area contributed by atoms with Crippen molar-refractivity contribution in [3.63, 3.8) is 0 Å². The topological polar surface area (TPSA) is 41.8 Å². The van der Waals surface area contributed by atoms with E-state index in [4.69, 9.17) is 24.8 Å². The first-order chi connectivity index (χ1) is 12.5. The molecule has 0 fully saturated rings. The molecule has 1 N–H and O–H groups in total. The molecule has 0 aliphatic carbocycles. The van der Waals surface area contributed by atoms with Gasteiger partial charge in [0, 0.05) is 43.0 Å². The van der Waals surface area contributed by atoms with Gasteiger partial charge in [0.2, 0.25) is 0 Å². The summed E-state index contributed by atoms with van der Waals surface area (Å²) in [4.78, 5) is 4.37. The number of hydrogen-bond acceptors (Lipinski definition) is 3. The van der Waals surface area contributed by atoms with E-state index >= 15 is 0 Å². The molecule has 2 aromatic carbocycles. The average molecular weight is 434 g/mol. The Labute approximate surface area is 171 Å². The first-order valence-corrected chi connectivity index (χ1v) is 11.8. The van der Waals surface area contributed by atoms with Crippen LogP contribution in [0.3, 0.4) is 0 Å². The van der Waals surface area contributed by atoms with Gasteiger partial charge in [-0.1, -0.05) is 56.3 Å². The summed E-state index contributed by atoms with van der Waals surface area (Å²) >= 11 is -0.181. The molecule has 0 radical (unpaired) electrons. The fraction of sp³-hybridized carbons (Fsp3) is 0.350. The number of aliphatic imine (C=N–C) groups is 1. The third-order valence-corrected chi connectivity index (χ3v) is 4.10. The molecule has 0 aliphatic heterocycles. The summed E-state index contributed by atoms with van der Waals surface area (Å²) in [6.45, 7) is 5.64. The van der Waals surface area contributed by atoms with E-state index in [2.05, 4.69) is 31.0 Å². The Hall–Kier alpha value is -1.02. The van der Waals surface area contributed by atoms with E-state index in [-0.39, 0.29) is 18.8 Å². The zero-order valence-corrected chi connectivity index (χ0v) is 18.1. The third kappa shape index (κ3) is 6.95. The second kappa shape index (κ2) is 12.4. The zero-order chi connectivity index (χ0) is 19.4. The van der Waals surface area contributed by atoms with Crippen molar-refractivity contribution in [3.8, 4) is 5.75 Å². The molecule has 0 unspecified atom stereocenters. The second-order valence-corrected chi connectivity index (χ2v) is 8.28. The summed E-state index contributed by atoms with van der Waals surface area (Å²) in [7, 11) is 11.3. The number of methoxy groups -OCH3 is 1. The number of halogens is 2. The van der Waals surface area contributed by atoms with Crippen molar-refractivity contribution in [1.82, 2.24) is 0 Å². The summed E-state index contributed by atoms with van der Waals surface area (Å²) in [5.41, 5.74) is 2.56. The summed E-state index contributed by atoms with van der Waals surface area (Å²) in [5, 5.41) is 10.7. The van der Waals surface area contributed by atoms with Crippen LogP contribution in [0.15, 0.2) is 53.5 Å². The number of phenolic OH excluding ortho intramolecular Hbond substituents is 1. The van der Waals surface area contributed by atoms with Gasteiger partial charge in [0.05, 0.1) is 0 Å². The van der Waals surface area contributed by atoms with Crippen LogP contribution in [0.4, 0.5) is 0 Å². The zero-order valence-electron chi connectivity index (χ0n) is 15.3. The first-order valence-electron chi connectivity index (χ1n) is 8.25. The molecule has 0 saturated carbocycles. The number of benzene rings is 2. The van der Waals surface area contributed by atoms with Crippen LogP contribution in [-0.4, -0.2) is 31.6 Å². The molecule has 0 saturated heterocycles. The number of phenols is 1. The molecule has 0 amide bonds. The number of nitrogens with zero attached hydrogens (tertiary/aromatic N) is 1. The van der Waals surface area contributed by atoms with Crippen LogP contribution in [0.5, 0.6) is 5.75 Å². The molecular formula is C20H25Cl2CrNO2. The van der Waals surface area contributed by atoms with E-state index in [1.54, 1.807) is 13.3 Å². The van der Waals surface area contributed by atoms with Crippen LogP contribution in [0.25, 0.3) is 0 Å². The van der Waals surface area contributed by atoms with Crippen LogP contribution < -0.4 is 0 Å². The summed E-state index contributed by atoms with van der Waals surface area (Å²) in [6, 6.07) is 16.1. The van der Waals surface area contributed by atoms with Gasteiger partial charge >= 0.3 is 33.5 Å². The molecule has 0 bridgehead atoms. The number of para-hydroxylation sites is 1. The Morgan fingerprint density at radius 3 is 2.38 bits per heavy atom. The van der Waals surface area contributed by atoms with Crippen molar-refractivity contribution in [1.29, 1.82) is 0 Å². The second-order valence-electron chi connectivity index (χ2n) is 6.17. The van der Waals surface area contributed by atoms with E-state index in [1.165, 1.54) is 5.56 Å². The van der Waals surface area contributed by atoms with E-state index in [0.717, 1.165) is 17.5 Å². The van der Waals surface area contributed by atoms with Gasteiger partial charge in [-0.2, -0.15) is 0 Å². The number of rotatable bonds is 7. The van der Waals surface area contributed by atoms with Gasteiger partial charge < -0.3 is 9.84 Å². The SMILES string of the molecule is COCCCN=Cc1cccc(C(C)(C)c2ccccc2)c1O.[Cl][Cr][Cl]. The Morgan fingerprint density at radius 1 is 1.12 bits per heavy atom. The molecular weight excluding hydrogens is 409 g/mol. The molecule has 6 heteroatoms. The molecule has 0 atom stereocenters. The normalized spacial score (nSPS) is 11.3. The van der Waals surface area contributed by atoms with E-state index in [1.807, 2.05) is 36.4 Å². The van der Waals surface area contributed by atoms with Crippen LogP contribution in [0, 0.1) is 0 Å². The number of hydrogen-bond donors (Lipinski definition) is 1. The molecule has 26 heavy (non-hydrogen) atoms. The average Bonchev–Trinajstić information content (AvgIpc) is 2.64. The number of ether oxygens (including phenoxy) is 1. The van der Waals surface area contributed by atoms with Crippen molar-refractivity contribution in [2.75, 3.05) is 20.3 Å². The Balaban J connectivity index is 0.00000105. The van der Waals surface area contributed by atoms with E-state index < -0.39 is 0 Å². The summed E-state index contributed by atoms with van der Waals surface area (Å²) in [5.74, 6) is 0.303. The van der Waals surface area contributed by atoms with Gasteiger partial charge in [0.25, 0.3) is 0 Å². The molecule has 142 valence electrons. The van der Waals surface area contributed by atoms with E-state index in [0.29, 0.717) is 18.9 Å². The minimum atomic E-state index is -0.273. The molecule has 0 aromatic heterocycles. The maximum atomic E-state index is 10.7. The molecule has 2 rings (SSSR count). The van der Waals surface area contributed by atoms with Gasteiger partial charge in [-0.15, -0.1) is 0 Å². The van der Waals surface area contributed by atoms with Crippen LogP contribution >= 0.6 is 20.1 Å². The first kappa shape index (κ1) is 23.0. The predicted octanol–water partition coefficient (Wildman–Crippen LogP) is 5.55. The maximum absolute atomic E-state index is 10.7. The monoisotopic (exact) mass is 433 g/mol. The summed E-state index contributed by atoms with van der Waals surface area (Å²) in [6.07, 6.45) is 2.62. The van der Waals surface area contributed by atoms with Gasteiger partial charge in [0.1, 0.15) is 5.75 Å². The van der Waals surface area contributed by atoms with Crippen LogP contribution in [0.1, 0.15) is 37.0 Å². The molecule has 2 aromatic rings. The number of aromatic hydroxyl groups is 1. The van der Waals surface area contributed by atoms with Crippen molar-refractivity contribution >= 4 is 26.3 Å². The third-order valence-electron chi connectivity index (χ3n) is 4.10. The fourth-order valence-electron chi connectivity index (χ4n) is 2.64.